The minimum absolute atomic E-state index is 0.223. The molecule has 2 aromatic heterocycles. The van der Waals surface area contributed by atoms with Gasteiger partial charge in [-0.25, -0.2) is 9.37 Å². The number of nitrogens with zero attached hydrogens (tertiary/aromatic N) is 4. The monoisotopic (exact) mass is 798 g/mol. The Labute approximate surface area is 356 Å². The molecule has 0 atom stereocenters. The van der Waals surface area contributed by atoms with Crippen LogP contribution >= 0.6 is 0 Å². The number of para-hydroxylation sites is 3. The maximum Gasteiger partial charge on any atom is 0.137 e. The molecule has 1 aliphatic rings. The summed E-state index contributed by atoms with van der Waals surface area (Å²) < 4.78 is 23.7. The van der Waals surface area contributed by atoms with Gasteiger partial charge in [0.05, 0.1) is 22.4 Å². The molecular weight excluding hydrogens is 752 g/mol. The van der Waals surface area contributed by atoms with Crippen molar-refractivity contribution < 1.29 is 9.13 Å². The average molecular weight is 799 g/mol. The van der Waals surface area contributed by atoms with E-state index >= 15 is 0 Å². The summed E-state index contributed by atoms with van der Waals surface area (Å²) in [5, 5.41) is 2.31. The first kappa shape index (κ1) is 38.0. The molecule has 0 amide bonds. The standard InChI is InChI=1S/C55H47FN4O/c1-35(2)48-30-41(39-16-13-17-42(56)27-39)31-49(36(3)4)55(48)59-34-58(51-20-11-12-21-52(51)59)43-28-40(38-14-7-6-8-15-38)29-45(32-43)61-44-22-23-47-46-18-9-10-19-50(46)60(53(47)33-44)54-26-37(5)24-25-57-54/h6-33,35-36H,34H2,1-5H3. The van der Waals surface area contributed by atoms with E-state index < -0.39 is 0 Å². The van der Waals surface area contributed by atoms with E-state index in [2.05, 4.69) is 182 Å². The second-order valence-corrected chi connectivity index (χ2v) is 16.7. The van der Waals surface area contributed by atoms with Gasteiger partial charge in [-0.2, -0.15) is 0 Å². The molecule has 0 saturated carbocycles. The van der Waals surface area contributed by atoms with Gasteiger partial charge in [-0.1, -0.05) is 100 Å². The molecule has 0 bridgehead atoms. The first-order chi connectivity index (χ1) is 29.7. The zero-order chi connectivity index (χ0) is 41.8. The van der Waals surface area contributed by atoms with Crippen LogP contribution in [0.3, 0.4) is 0 Å². The Morgan fingerprint density at radius 3 is 1.95 bits per heavy atom. The normalized spacial score (nSPS) is 12.6. The molecule has 7 aromatic carbocycles. The number of rotatable bonds is 9. The first-order valence-electron chi connectivity index (χ1n) is 21.1. The summed E-state index contributed by atoms with van der Waals surface area (Å²) >= 11 is 0. The zero-order valence-electron chi connectivity index (χ0n) is 35.1. The maximum absolute atomic E-state index is 14.5. The van der Waals surface area contributed by atoms with E-state index in [0.29, 0.717) is 6.67 Å². The highest BCUT2D eigenvalue weighted by Crippen LogP contribution is 2.50. The fraction of sp³-hybridized carbons (Fsp3) is 0.145. The van der Waals surface area contributed by atoms with E-state index in [4.69, 9.17) is 9.72 Å². The first-order valence-corrected chi connectivity index (χ1v) is 21.1. The van der Waals surface area contributed by atoms with Crippen molar-refractivity contribution in [2.75, 3.05) is 16.5 Å². The molecule has 0 unspecified atom stereocenters. The second kappa shape index (κ2) is 15.4. The Balaban J connectivity index is 1.09. The third kappa shape index (κ3) is 6.98. The molecule has 3 heterocycles. The van der Waals surface area contributed by atoms with E-state index in [9.17, 15) is 4.39 Å². The van der Waals surface area contributed by atoms with E-state index in [-0.39, 0.29) is 17.7 Å². The molecule has 61 heavy (non-hydrogen) atoms. The number of ether oxygens (including phenoxy) is 1. The molecule has 5 nitrogen and oxygen atoms in total. The summed E-state index contributed by atoms with van der Waals surface area (Å²) in [5.74, 6) is 2.58. The number of hydrogen-bond acceptors (Lipinski definition) is 4. The van der Waals surface area contributed by atoms with Gasteiger partial charge in [0.2, 0.25) is 0 Å². The van der Waals surface area contributed by atoms with E-state index in [0.717, 1.165) is 78.6 Å². The summed E-state index contributed by atoms with van der Waals surface area (Å²) in [4.78, 5) is 9.66. The largest absolute Gasteiger partial charge is 0.457 e. The predicted octanol–water partition coefficient (Wildman–Crippen LogP) is 15.2. The zero-order valence-corrected chi connectivity index (χ0v) is 35.1. The number of hydrogen-bond donors (Lipinski definition) is 0. The molecule has 0 aliphatic carbocycles. The van der Waals surface area contributed by atoms with Crippen molar-refractivity contribution in [1.29, 1.82) is 0 Å². The van der Waals surface area contributed by atoms with Crippen LogP contribution < -0.4 is 14.5 Å². The fourth-order valence-electron chi connectivity index (χ4n) is 8.97. The van der Waals surface area contributed by atoms with Crippen molar-refractivity contribution in [2.24, 2.45) is 0 Å². The fourth-order valence-corrected chi connectivity index (χ4v) is 8.97. The van der Waals surface area contributed by atoms with Gasteiger partial charge in [-0.15, -0.1) is 0 Å². The highest BCUT2D eigenvalue weighted by Gasteiger charge is 2.32. The maximum atomic E-state index is 14.5. The molecule has 0 fully saturated rings. The third-order valence-electron chi connectivity index (χ3n) is 11.9. The minimum Gasteiger partial charge on any atom is -0.457 e. The molecule has 300 valence electrons. The number of fused-ring (bicyclic) bond motifs is 4. The van der Waals surface area contributed by atoms with Gasteiger partial charge in [0, 0.05) is 40.5 Å². The van der Waals surface area contributed by atoms with Crippen LogP contribution in [-0.4, -0.2) is 16.2 Å². The van der Waals surface area contributed by atoms with Crippen LogP contribution in [0.1, 0.15) is 56.2 Å². The molecule has 0 saturated heterocycles. The summed E-state index contributed by atoms with van der Waals surface area (Å²) in [6, 6.07) is 56.2. The van der Waals surface area contributed by atoms with Gasteiger partial charge in [0.1, 0.15) is 29.8 Å². The van der Waals surface area contributed by atoms with Crippen molar-refractivity contribution in [2.45, 2.75) is 46.5 Å². The number of anilines is 4. The van der Waals surface area contributed by atoms with Crippen LogP contribution in [0.2, 0.25) is 0 Å². The van der Waals surface area contributed by atoms with Crippen molar-refractivity contribution in [3.63, 3.8) is 0 Å². The third-order valence-corrected chi connectivity index (χ3v) is 11.9. The number of halogens is 1. The van der Waals surface area contributed by atoms with Crippen LogP contribution in [0.25, 0.3) is 49.9 Å². The molecule has 1 aliphatic heterocycles. The molecule has 0 N–H and O–H groups in total. The Kier molecular flexibility index (Phi) is 9.64. The lowest BCUT2D eigenvalue weighted by molar-refractivity contribution is 0.483. The van der Waals surface area contributed by atoms with Gasteiger partial charge < -0.3 is 14.5 Å². The van der Waals surface area contributed by atoms with Crippen LogP contribution in [0.5, 0.6) is 11.5 Å². The summed E-state index contributed by atoms with van der Waals surface area (Å²) in [6.07, 6.45) is 1.87. The summed E-state index contributed by atoms with van der Waals surface area (Å²) in [5.41, 5.74) is 14.3. The molecule has 6 heteroatoms. The van der Waals surface area contributed by atoms with Crippen LogP contribution in [0.15, 0.2) is 170 Å². The van der Waals surface area contributed by atoms with Crippen molar-refractivity contribution >= 4 is 44.6 Å². The van der Waals surface area contributed by atoms with E-state index in [1.54, 1.807) is 12.1 Å². The average Bonchev–Trinajstić information content (AvgIpc) is 3.82. The molecule has 9 aromatic rings. The highest BCUT2D eigenvalue weighted by molar-refractivity contribution is 6.09. The predicted molar refractivity (Wildman–Crippen MR) is 251 cm³/mol. The Hall–Kier alpha value is -7.18. The smallest absolute Gasteiger partial charge is 0.137 e. The summed E-state index contributed by atoms with van der Waals surface area (Å²) in [6.45, 7) is 11.7. The quantitative estimate of drug-likeness (QED) is 0.146. The Morgan fingerprint density at radius 1 is 0.541 bits per heavy atom. The number of benzene rings is 7. The highest BCUT2D eigenvalue weighted by atomic mass is 19.1. The lowest BCUT2D eigenvalue weighted by Crippen LogP contribution is -2.26. The van der Waals surface area contributed by atoms with Crippen molar-refractivity contribution in [3.8, 4) is 39.6 Å². The van der Waals surface area contributed by atoms with Gasteiger partial charge in [0.15, 0.2) is 0 Å². The number of pyridine rings is 1. The van der Waals surface area contributed by atoms with Crippen LogP contribution in [-0.2, 0) is 0 Å². The molecule has 0 spiro atoms. The Bertz CT molecular complexity index is 3070. The molecular formula is C55H47FN4O. The van der Waals surface area contributed by atoms with Gasteiger partial charge in [0.25, 0.3) is 0 Å². The SMILES string of the molecule is Cc1ccnc(-n2c3ccccc3c3ccc(Oc4cc(-c5ccccc5)cc(N5CN(c6c(C(C)C)cc(-c7cccc(F)c7)cc6C(C)C)c6ccccc65)c4)cc32)c1. The van der Waals surface area contributed by atoms with Crippen molar-refractivity contribution in [1.82, 2.24) is 9.55 Å². The lowest BCUT2D eigenvalue weighted by atomic mass is 9.87. The number of aryl methyl sites for hydroxylation is 1. The number of aromatic nitrogens is 2. The minimum atomic E-state index is -0.229. The molecule has 0 radical (unpaired) electrons. The van der Waals surface area contributed by atoms with Gasteiger partial charge >= 0.3 is 0 Å². The van der Waals surface area contributed by atoms with Crippen LogP contribution in [0.4, 0.5) is 27.1 Å². The topological polar surface area (TPSA) is 33.5 Å². The van der Waals surface area contributed by atoms with Crippen molar-refractivity contribution in [3.05, 3.63) is 192 Å². The van der Waals surface area contributed by atoms with Gasteiger partial charge in [-0.3, -0.25) is 4.57 Å². The van der Waals surface area contributed by atoms with Crippen LogP contribution in [0, 0.1) is 12.7 Å². The van der Waals surface area contributed by atoms with E-state index in [1.165, 1.54) is 28.3 Å². The molecule has 10 rings (SSSR count). The lowest BCUT2D eigenvalue weighted by Gasteiger charge is -2.30. The second-order valence-electron chi connectivity index (χ2n) is 16.7. The van der Waals surface area contributed by atoms with Gasteiger partial charge in [-0.05, 0) is 137 Å². The Morgan fingerprint density at radius 2 is 1.21 bits per heavy atom. The van der Waals surface area contributed by atoms with E-state index in [1.807, 2.05) is 18.3 Å². The summed E-state index contributed by atoms with van der Waals surface area (Å²) in [7, 11) is 0.